The Morgan fingerprint density at radius 2 is 2.15 bits per heavy atom. The summed E-state index contributed by atoms with van der Waals surface area (Å²) in [6.07, 6.45) is 1.39. The van der Waals surface area contributed by atoms with Crippen LogP contribution < -0.4 is 4.90 Å². The van der Waals surface area contributed by atoms with Gasteiger partial charge < -0.3 is 14.2 Å². The molecule has 1 aliphatic rings. The van der Waals surface area contributed by atoms with E-state index in [4.69, 9.17) is 9.26 Å². The normalized spacial score (nSPS) is 19.2. The summed E-state index contributed by atoms with van der Waals surface area (Å²) in [7, 11) is 3.68. The van der Waals surface area contributed by atoms with Crippen molar-refractivity contribution in [3.8, 4) is 0 Å². The Kier molecular flexibility index (Phi) is 3.87. The fourth-order valence-corrected chi connectivity index (χ4v) is 2.11. The number of likely N-dealkylation sites (tertiary alicyclic amines) is 1. The van der Waals surface area contributed by atoms with Crippen molar-refractivity contribution < 1.29 is 14.1 Å². The molecule has 112 valence electrons. The molecule has 2 heterocycles. The maximum absolute atomic E-state index is 12.2. The van der Waals surface area contributed by atoms with Crippen molar-refractivity contribution in [2.24, 2.45) is 0 Å². The minimum Gasteiger partial charge on any atom is -0.444 e. The van der Waals surface area contributed by atoms with E-state index in [0.717, 1.165) is 12.8 Å². The zero-order valence-electron chi connectivity index (χ0n) is 12.7. The van der Waals surface area contributed by atoms with Gasteiger partial charge in [-0.3, -0.25) is 4.90 Å². The molecule has 0 unspecified atom stereocenters. The maximum atomic E-state index is 12.2. The van der Waals surface area contributed by atoms with E-state index in [-0.39, 0.29) is 12.1 Å². The first kappa shape index (κ1) is 14.6. The molecule has 1 fully saturated rings. The molecule has 0 spiro atoms. The molecular formula is C13H22N4O3. The second-order valence-electron chi connectivity index (χ2n) is 6.16. The smallest absolute Gasteiger partial charge is 0.410 e. The first-order valence-corrected chi connectivity index (χ1v) is 6.78. The van der Waals surface area contributed by atoms with Crippen molar-refractivity contribution in [1.82, 2.24) is 15.0 Å². The van der Waals surface area contributed by atoms with Crippen LogP contribution in [0.15, 0.2) is 4.52 Å². The van der Waals surface area contributed by atoms with Crippen LogP contribution in [0.5, 0.6) is 0 Å². The van der Waals surface area contributed by atoms with Crippen LogP contribution in [0.4, 0.5) is 10.7 Å². The molecule has 20 heavy (non-hydrogen) atoms. The van der Waals surface area contributed by atoms with Gasteiger partial charge in [-0.25, -0.2) is 4.79 Å². The van der Waals surface area contributed by atoms with Crippen molar-refractivity contribution in [2.75, 3.05) is 25.5 Å². The highest BCUT2D eigenvalue weighted by molar-refractivity contribution is 5.69. The Bertz CT molecular complexity index is 478. The van der Waals surface area contributed by atoms with Crippen LogP contribution in [0.2, 0.25) is 0 Å². The predicted octanol–water partition coefficient (Wildman–Crippen LogP) is 2.21. The van der Waals surface area contributed by atoms with Gasteiger partial charge in [0.2, 0.25) is 0 Å². The number of anilines is 1. The lowest BCUT2D eigenvalue weighted by atomic mass is 10.2. The van der Waals surface area contributed by atoms with Crippen molar-refractivity contribution in [2.45, 2.75) is 45.3 Å². The lowest BCUT2D eigenvalue weighted by Gasteiger charge is -2.26. The molecule has 0 bridgehead atoms. The van der Waals surface area contributed by atoms with Gasteiger partial charge in [0, 0.05) is 20.6 Å². The van der Waals surface area contributed by atoms with Crippen LogP contribution in [0.1, 0.15) is 45.5 Å². The van der Waals surface area contributed by atoms with E-state index < -0.39 is 5.60 Å². The van der Waals surface area contributed by atoms with E-state index in [2.05, 4.69) is 10.1 Å². The summed E-state index contributed by atoms with van der Waals surface area (Å²) >= 11 is 0. The third-order valence-corrected chi connectivity index (χ3v) is 3.00. The summed E-state index contributed by atoms with van der Waals surface area (Å²) in [5, 5.41) is 3.89. The molecule has 0 saturated carbocycles. The van der Waals surface area contributed by atoms with Crippen molar-refractivity contribution in [3.63, 3.8) is 0 Å². The van der Waals surface area contributed by atoms with E-state index >= 15 is 0 Å². The Morgan fingerprint density at radius 3 is 2.70 bits per heavy atom. The van der Waals surface area contributed by atoms with Crippen LogP contribution in [0, 0.1) is 0 Å². The molecule has 1 amide bonds. The number of aromatic nitrogens is 2. The molecule has 2 rings (SSSR count). The quantitative estimate of drug-likeness (QED) is 0.828. The van der Waals surface area contributed by atoms with Gasteiger partial charge in [-0.15, -0.1) is 0 Å². The number of carbonyl (C=O) groups is 1. The summed E-state index contributed by atoms with van der Waals surface area (Å²) in [5.74, 6) is 0.980. The SMILES string of the molecule is CN(C)c1noc([C@@H]2CCCN2C(=O)OC(C)(C)C)n1. The van der Waals surface area contributed by atoms with E-state index in [9.17, 15) is 4.79 Å². The Morgan fingerprint density at radius 1 is 1.45 bits per heavy atom. The van der Waals surface area contributed by atoms with Crippen LogP contribution in [-0.4, -0.2) is 47.4 Å². The van der Waals surface area contributed by atoms with E-state index in [1.807, 2.05) is 34.9 Å². The summed E-state index contributed by atoms with van der Waals surface area (Å²) in [6.45, 7) is 6.21. The molecule has 7 nitrogen and oxygen atoms in total. The largest absolute Gasteiger partial charge is 0.444 e. The summed E-state index contributed by atoms with van der Waals surface area (Å²) in [6, 6.07) is -0.189. The zero-order valence-corrected chi connectivity index (χ0v) is 12.7. The van der Waals surface area contributed by atoms with E-state index in [1.165, 1.54) is 0 Å². The van der Waals surface area contributed by atoms with Gasteiger partial charge in [-0.2, -0.15) is 4.98 Å². The number of amides is 1. The fraction of sp³-hybridized carbons (Fsp3) is 0.769. The first-order chi connectivity index (χ1) is 9.28. The van der Waals surface area contributed by atoms with Gasteiger partial charge in [0.15, 0.2) is 0 Å². The second-order valence-corrected chi connectivity index (χ2v) is 6.16. The van der Waals surface area contributed by atoms with Crippen LogP contribution in [-0.2, 0) is 4.74 Å². The van der Waals surface area contributed by atoms with Crippen molar-refractivity contribution >= 4 is 12.0 Å². The third-order valence-electron chi connectivity index (χ3n) is 3.00. The van der Waals surface area contributed by atoms with Gasteiger partial charge in [-0.05, 0) is 38.8 Å². The van der Waals surface area contributed by atoms with Crippen LogP contribution in [0.3, 0.4) is 0 Å². The number of ether oxygens (including phenoxy) is 1. The molecule has 1 saturated heterocycles. The first-order valence-electron chi connectivity index (χ1n) is 6.78. The average Bonchev–Trinajstić information content (AvgIpc) is 2.95. The van der Waals surface area contributed by atoms with E-state index in [1.54, 1.807) is 9.80 Å². The number of nitrogens with zero attached hydrogens (tertiary/aromatic N) is 4. The predicted molar refractivity (Wildman–Crippen MR) is 73.5 cm³/mol. The highest BCUT2D eigenvalue weighted by atomic mass is 16.6. The standard InChI is InChI=1S/C13H22N4O3/c1-13(2,3)19-12(18)17-8-6-7-9(17)10-14-11(15-20-10)16(4)5/h9H,6-8H2,1-5H3/t9-/m0/s1. The summed E-state index contributed by atoms with van der Waals surface area (Å²) in [4.78, 5) is 19.9. The Hall–Kier alpha value is -1.79. The molecule has 0 radical (unpaired) electrons. The van der Waals surface area contributed by atoms with E-state index in [0.29, 0.717) is 18.4 Å². The summed E-state index contributed by atoms with van der Waals surface area (Å²) < 4.78 is 10.7. The lowest BCUT2D eigenvalue weighted by molar-refractivity contribution is 0.0199. The van der Waals surface area contributed by atoms with Gasteiger partial charge in [-0.1, -0.05) is 0 Å². The minimum atomic E-state index is -0.506. The highest BCUT2D eigenvalue weighted by Crippen LogP contribution is 2.32. The molecule has 7 heteroatoms. The monoisotopic (exact) mass is 282 g/mol. The van der Waals surface area contributed by atoms with Gasteiger partial charge in [0.1, 0.15) is 11.6 Å². The number of rotatable bonds is 2. The molecule has 0 aromatic carbocycles. The third kappa shape index (κ3) is 3.20. The second kappa shape index (κ2) is 5.30. The number of carbonyl (C=O) groups excluding carboxylic acids is 1. The number of hydrogen-bond acceptors (Lipinski definition) is 6. The molecule has 1 aromatic heterocycles. The Labute approximate surface area is 118 Å². The molecular weight excluding hydrogens is 260 g/mol. The lowest BCUT2D eigenvalue weighted by Crippen LogP contribution is -2.36. The number of hydrogen-bond donors (Lipinski definition) is 0. The average molecular weight is 282 g/mol. The van der Waals surface area contributed by atoms with Gasteiger partial charge in [0.25, 0.3) is 11.8 Å². The fourth-order valence-electron chi connectivity index (χ4n) is 2.11. The Balaban J connectivity index is 2.12. The minimum absolute atomic E-state index is 0.189. The molecule has 1 atom stereocenters. The summed E-state index contributed by atoms with van der Waals surface area (Å²) in [5.41, 5.74) is -0.506. The molecule has 0 aliphatic carbocycles. The van der Waals surface area contributed by atoms with Crippen LogP contribution in [0.25, 0.3) is 0 Å². The van der Waals surface area contributed by atoms with Gasteiger partial charge >= 0.3 is 6.09 Å². The van der Waals surface area contributed by atoms with Crippen molar-refractivity contribution in [3.05, 3.63) is 5.89 Å². The zero-order chi connectivity index (χ0) is 14.9. The maximum Gasteiger partial charge on any atom is 0.410 e. The van der Waals surface area contributed by atoms with Crippen LogP contribution >= 0.6 is 0 Å². The molecule has 1 aliphatic heterocycles. The topological polar surface area (TPSA) is 71.7 Å². The molecule has 1 aromatic rings. The highest BCUT2D eigenvalue weighted by Gasteiger charge is 2.36. The molecule has 0 N–H and O–H groups in total. The van der Waals surface area contributed by atoms with Crippen molar-refractivity contribution in [1.29, 1.82) is 0 Å². The van der Waals surface area contributed by atoms with Gasteiger partial charge in [0.05, 0.1) is 0 Å².